The molecule has 0 aromatic carbocycles. The van der Waals surface area contributed by atoms with Crippen LogP contribution in [0, 0.1) is 17.8 Å². The van der Waals surface area contributed by atoms with E-state index in [0.717, 1.165) is 24.3 Å². The van der Waals surface area contributed by atoms with E-state index in [4.69, 9.17) is 4.99 Å². The Kier molecular flexibility index (Phi) is 2.04. The number of allylic oxidation sites excluding steroid dienone is 4. The van der Waals surface area contributed by atoms with Gasteiger partial charge in [-0.1, -0.05) is 24.3 Å². The fraction of sp³-hybridized carbons (Fsp3) is 0.615. The van der Waals surface area contributed by atoms with Crippen LogP contribution in [0.25, 0.3) is 0 Å². The van der Waals surface area contributed by atoms with Gasteiger partial charge in [0.2, 0.25) is 0 Å². The smallest absolute Gasteiger partial charge is 0.0389 e. The number of aliphatic imine (C=N–C) groups is 1. The second-order valence-corrected chi connectivity index (χ2v) is 4.75. The van der Waals surface area contributed by atoms with Gasteiger partial charge < -0.3 is 0 Å². The van der Waals surface area contributed by atoms with E-state index in [1.54, 1.807) is 0 Å². The molecule has 0 spiro atoms. The van der Waals surface area contributed by atoms with E-state index < -0.39 is 0 Å². The van der Waals surface area contributed by atoms with Crippen LogP contribution in [0.15, 0.2) is 29.3 Å². The van der Waals surface area contributed by atoms with Crippen molar-refractivity contribution in [1.29, 1.82) is 0 Å². The molecule has 0 radical (unpaired) electrons. The second kappa shape index (κ2) is 3.38. The Morgan fingerprint density at radius 2 is 2.00 bits per heavy atom. The van der Waals surface area contributed by atoms with Gasteiger partial charge in [-0.3, -0.25) is 4.99 Å². The molecule has 1 nitrogen and oxygen atoms in total. The van der Waals surface area contributed by atoms with E-state index in [1.807, 2.05) is 0 Å². The van der Waals surface area contributed by atoms with Crippen molar-refractivity contribution < 1.29 is 0 Å². The summed E-state index contributed by atoms with van der Waals surface area (Å²) < 4.78 is 0. The van der Waals surface area contributed by atoms with Gasteiger partial charge in [-0.15, -0.1) is 0 Å². The monoisotopic (exact) mass is 187 g/mol. The van der Waals surface area contributed by atoms with E-state index in [9.17, 15) is 0 Å². The van der Waals surface area contributed by atoms with Crippen LogP contribution in [0.4, 0.5) is 0 Å². The van der Waals surface area contributed by atoms with Crippen molar-refractivity contribution in [3.05, 3.63) is 24.3 Å². The highest BCUT2D eigenvalue weighted by Gasteiger charge is 2.33. The molecule has 0 amide bonds. The molecule has 1 heteroatoms. The molecule has 1 aliphatic heterocycles. The number of nitrogens with zero attached hydrogens (tertiary/aromatic N) is 1. The first-order valence-electron chi connectivity index (χ1n) is 5.82. The average molecular weight is 187 g/mol. The molecule has 2 aliphatic carbocycles. The summed E-state index contributed by atoms with van der Waals surface area (Å²) in [5.41, 5.74) is 1.53. The molecule has 0 saturated heterocycles. The summed E-state index contributed by atoms with van der Waals surface area (Å²) in [6.07, 6.45) is 14.5. The molecule has 74 valence electrons. The molecule has 0 aromatic heterocycles. The van der Waals surface area contributed by atoms with E-state index in [2.05, 4.69) is 24.3 Å². The highest BCUT2D eigenvalue weighted by atomic mass is 14.8. The van der Waals surface area contributed by atoms with Crippen molar-refractivity contribution in [2.75, 3.05) is 6.54 Å². The number of fused-ring (bicyclic) bond motifs is 2. The largest absolute Gasteiger partial charge is 0.294 e. The lowest BCUT2D eigenvalue weighted by Gasteiger charge is -2.37. The van der Waals surface area contributed by atoms with Crippen molar-refractivity contribution in [1.82, 2.24) is 0 Å². The molecular formula is C13H17N. The molecule has 0 bridgehead atoms. The molecular weight excluding hydrogens is 170 g/mol. The molecule has 1 saturated carbocycles. The summed E-state index contributed by atoms with van der Waals surface area (Å²) in [7, 11) is 0. The van der Waals surface area contributed by atoms with Crippen molar-refractivity contribution in [2.45, 2.75) is 25.7 Å². The van der Waals surface area contributed by atoms with Gasteiger partial charge in [0, 0.05) is 12.3 Å². The Morgan fingerprint density at radius 1 is 1.14 bits per heavy atom. The number of hydrogen-bond acceptors (Lipinski definition) is 1. The summed E-state index contributed by atoms with van der Waals surface area (Å²) in [4.78, 5) is 4.70. The molecule has 1 heterocycles. The minimum atomic E-state index is 0.757. The maximum absolute atomic E-state index is 4.70. The van der Waals surface area contributed by atoms with Gasteiger partial charge in [-0.25, -0.2) is 0 Å². The summed E-state index contributed by atoms with van der Waals surface area (Å²) in [6.45, 7) is 1.09. The minimum Gasteiger partial charge on any atom is -0.294 e. The highest BCUT2D eigenvalue weighted by Crippen LogP contribution is 2.38. The fourth-order valence-corrected chi connectivity index (χ4v) is 3.08. The SMILES string of the molecule is C1=CC2CC3=NCCCC3CC2C=C1. The van der Waals surface area contributed by atoms with Crippen LogP contribution in [0.5, 0.6) is 0 Å². The Morgan fingerprint density at radius 3 is 2.93 bits per heavy atom. The van der Waals surface area contributed by atoms with Gasteiger partial charge in [0.05, 0.1) is 0 Å². The standard InChI is InChI=1S/C13H17N/c1-2-5-11-9-13-12(6-3-7-14-13)8-10(11)4-1/h1-2,4-5,10-12H,3,6-9H2. The Balaban J connectivity index is 1.84. The number of rotatable bonds is 0. The zero-order chi connectivity index (χ0) is 9.38. The quantitative estimate of drug-likeness (QED) is 0.553. The van der Waals surface area contributed by atoms with Crippen LogP contribution in [0.3, 0.4) is 0 Å². The van der Waals surface area contributed by atoms with Crippen LogP contribution in [-0.2, 0) is 0 Å². The molecule has 14 heavy (non-hydrogen) atoms. The van der Waals surface area contributed by atoms with E-state index in [-0.39, 0.29) is 0 Å². The van der Waals surface area contributed by atoms with Crippen molar-refractivity contribution in [2.24, 2.45) is 22.7 Å². The highest BCUT2D eigenvalue weighted by molar-refractivity contribution is 5.88. The topological polar surface area (TPSA) is 12.4 Å². The third kappa shape index (κ3) is 1.35. The van der Waals surface area contributed by atoms with Gasteiger partial charge in [0.25, 0.3) is 0 Å². The van der Waals surface area contributed by atoms with Crippen LogP contribution >= 0.6 is 0 Å². The minimum absolute atomic E-state index is 0.757. The number of hydrogen-bond donors (Lipinski definition) is 0. The van der Waals surface area contributed by atoms with Crippen LogP contribution in [0.2, 0.25) is 0 Å². The molecule has 0 aromatic rings. The molecule has 3 atom stereocenters. The Hall–Kier alpha value is -0.850. The summed E-state index contributed by atoms with van der Waals surface area (Å²) in [6, 6.07) is 0. The Labute approximate surface area is 85.6 Å². The summed E-state index contributed by atoms with van der Waals surface area (Å²) in [5, 5.41) is 0. The lowest BCUT2D eigenvalue weighted by Crippen LogP contribution is -2.33. The molecule has 3 unspecified atom stereocenters. The zero-order valence-electron chi connectivity index (χ0n) is 8.52. The predicted molar refractivity (Wildman–Crippen MR) is 59.5 cm³/mol. The van der Waals surface area contributed by atoms with Crippen LogP contribution < -0.4 is 0 Å². The predicted octanol–water partition coefficient (Wildman–Crippen LogP) is 2.99. The molecule has 3 aliphatic rings. The normalized spacial score (nSPS) is 40.0. The molecule has 3 rings (SSSR count). The van der Waals surface area contributed by atoms with Gasteiger partial charge >= 0.3 is 0 Å². The van der Waals surface area contributed by atoms with Crippen LogP contribution in [-0.4, -0.2) is 12.3 Å². The first kappa shape index (κ1) is 8.46. The third-order valence-electron chi connectivity index (χ3n) is 3.88. The van der Waals surface area contributed by atoms with E-state index in [0.29, 0.717) is 0 Å². The van der Waals surface area contributed by atoms with Crippen molar-refractivity contribution >= 4 is 5.71 Å². The van der Waals surface area contributed by atoms with Crippen molar-refractivity contribution in [3.8, 4) is 0 Å². The van der Waals surface area contributed by atoms with Crippen LogP contribution in [0.1, 0.15) is 25.7 Å². The van der Waals surface area contributed by atoms with Crippen molar-refractivity contribution in [3.63, 3.8) is 0 Å². The fourth-order valence-electron chi connectivity index (χ4n) is 3.08. The van der Waals surface area contributed by atoms with Gasteiger partial charge in [-0.05, 0) is 43.4 Å². The molecule has 1 fully saturated rings. The molecule has 0 N–H and O–H groups in total. The Bertz CT molecular complexity index is 311. The van der Waals surface area contributed by atoms with Gasteiger partial charge in [0.1, 0.15) is 0 Å². The zero-order valence-corrected chi connectivity index (χ0v) is 8.52. The second-order valence-electron chi connectivity index (χ2n) is 4.75. The van der Waals surface area contributed by atoms with E-state index in [1.165, 1.54) is 31.4 Å². The lowest BCUT2D eigenvalue weighted by atomic mass is 9.69. The third-order valence-corrected chi connectivity index (χ3v) is 3.88. The van der Waals surface area contributed by atoms with Gasteiger partial charge in [0.15, 0.2) is 0 Å². The maximum Gasteiger partial charge on any atom is 0.0389 e. The summed E-state index contributed by atoms with van der Waals surface area (Å²) in [5.74, 6) is 2.39. The maximum atomic E-state index is 4.70. The lowest BCUT2D eigenvalue weighted by molar-refractivity contribution is 0.344. The van der Waals surface area contributed by atoms with E-state index >= 15 is 0 Å². The summed E-state index contributed by atoms with van der Waals surface area (Å²) >= 11 is 0. The average Bonchev–Trinajstić information content (AvgIpc) is 2.26. The first-order valence-corrected chi connectivity index (χ1v) is 5.82. The van der Waals surface area contributed by atoms with Gasteiger partial charge in [-0.2, -0.15) is 0 Å². The first-order chi connectivity index (χ1) is 6.93.